The number of hydrogen-bond acceptors (Lipinski definition) is 4. The summed E-state index contributed by atoms with van der Waals surface area (Å²) in [6.45, 7) is 1.40. The van der Waals surface area contributed by atoms with Crippen LogP contribution in [-0.2, 0) is 4.79 Å². The average Bonchev–Trinajstić information content (AvgIpc) is 3.08. The van der Waals surface area contributed by atoms with Crippen molar-refractivity contribution in [2.45, 2.75) is 18.9 Å². The summed E-state index contributed by atoms with van der Waals surface area (Å²) in [5.74, 6) is 1.48. The summed E-state index contributed by atoms with van der Waals surface area (Å²) in [6.07, 6.45) is 10.1. The topological polar surface area (TPSA) is 55.6 Å². The molecular weight excluding hydrogens is 280 g/mol. The zero-order valence-electron chi connectivity index (χ0n) is 12.2. The minimum absolute atomic E-state index is 0.0104. The molecule has 0 aliphatic carbocycles. The van der Waals surface area contributed by atoms with Gasteiger partial charge in [0.1, 0.15) is 17.6 Å². The molecule has 1 saturated heterocycles. The Bertz CT molecular complexity index is 615. The molecule has 1 aliphatic heterocycles. The van der Waals surface area contributed by atoms with Gasteiger partial charge in [-0.2, -0.15) is 0 Å². The van der Waals surface area contributed by atoms with Crippen LogP contribution in [0, 0.1) is 0 Å². The van der Waals surface area contributed by atoms with Gasteiger partial charge < -0.3 is 14.1 Å². The molecule has 0 aromatic carbocycles. The van der Waals surface area contributed by atoms with Crippen LogP contribution in [-0.4, -0.2) is 35.0 Å². The van der Waals surface area contributed by atoms with Crippen LogP contribution >= 0.6 is 0 Å². The number of likely N-dealkylation sites (tertiary alicyclic amines) is 1. The van der Waals surface area contributed by atoms with E-state index >= 15 is 0 Å². The maximum Gasteiger partial charge on any atom is 0.246 e. The molecule has 1 amide bonds. The Labute approximate surface area is 129 Å². The van der Waals surface area contributed by atoms with Gasteiger partial charge in [-0.25, -0.2) is 0 Å². The highest BCUT2D eigenvalue weighted by Gasteiger charge is 2.22. The highest BCUT2D eigenvalue weighted by molar-refractivity contribution is 5.91. The third kappa shape index (κ3) is 3.75. The predicted octanol–water partition coefficient (Wildman–Crippen LogP) is 2.76. The first kappa shape index (κ1) is 14.4. The minimum atomic E-state index is 0.0104. The fraction of sp³-hybridized carbons (Fsp3) is 0.294. The van der Waals surface area contributed by atoms with Crippen LogP contribution in [0.1, 0.15) is 18.6 Å². The van der Waals surface area contributed by atoms with E-state index in [1.165, 1.54) is 0 Å². The van der Waals surface area contributed by atoms with Gasteiger partial charge in [0, 0.05) is 38.2 Å². The van der Waals surface area contributed by atoms with Crippen molar-refractivity contribution in [1.82, 2.24) is 9.88 Å². The highest BCUT2D eigenvalue weighted by atomic mass is 16.5. The Balaban J connectivity index is 1.48. The molecule has 5 nitrogen and oxygen atoms in total. The largest absolute Gasteiger partial charge is 0.489 e. The van der Waals surface area contributed by atoms with Crippen molar-refractivity contribution in [1.29, 1.82) is 0 Å². The van der Waals surface area contributed by atoms with Crippen molar-refractivity contribution in [2.24, 2.45) is 0 Å². The summed E-state index contributed by atoms with van der Waals surface area (Å²) >= 11 is 0. The molecule has 114 valence electrons. The third-order valence-corrected chi connectivity index (χ3v) is 3.62. The first-order valence-electron chi connectivity index (χ1n) is 7.38. The average molecular weight is 298 g/mol. The number of amides is 1. The smallest absolute Gasteiger partial charge is 0.246 e. The van der Waals surface area contributed by atoms with Gasteiger partial charge in [0.25, 0.3) is 0 Å². The zero-order chi connectivity index (χ0) is 15.2. The number of carbonyl (C=O) groups excluding carboxylic acids is 1. The second kappa shape index (κ2) is 6.93. The first-order chi connectivity index (χ1) is 10.8. The number of ether oxygens (including phenoxy) is 1. The second-order valence-electron chi connectivity index (χ2n) is 5.18. The lowest BCUT2D eigenvalue weighted by Gasteiger charge is -2.31. The predicted molar refractivity (Wildman–Crippen MR) is 82.2 cm³/mol. The van der Waals surface area contributed by atoms with Crippen molar-refractivity contribution < 1.29 is 13.9 Å². The molecular formula is C17H18N2O3. The molecule has 5 heteroatoms. The van der Waals surface area contributed by atoms with Gasteiger partial charge in [-0.15, -0.1) is 0 Å². The van der Waals surface area contributed by atoms with Crippen LogP contribution in [0.3, 0.4) is 0 Å². The van der Waals surface area contributed by atoms with E-state index < -0.39 is 0 Å². The van der Waals surface area contributed by atoms with Crippen molar-refractivity contribution in [2.75, 3.05) is 13.1 Å². The Kier molecular flexibility index (Phi) is 4.53. The molecule has 0 atom stereocenters. The lowest BCUT2D eigenvalue weighted by Crippen LogP contribution is -2.41. The number of carbonyl (C=O) groups is 1. The van der Waals surface area contributed by atoms with Gasteiger partial charge in [-0.3, -0.25) is 9.78 Å². The molecule has 0 saturated carbocycles. The molecule has 0 N–H and O–H groups in total. The number of rotatable bonds is 4. The summed E-state index contributed by atoms with van der Waals surface area (Å²) in [6, 6.07) is 7.37. The minimum Gasteiger partial charge on any atom is -0.489 e. The summed E-state index contributed by atoms with van der Waals surface area (Å²) < 4.78 is 11.0. The SMILES string of the molecule is O=C(/C=C/c1ccco1)N1CCC(Oc2cccnc2)CC1. The van der Waals surface area contributed by atoms with Crippen LogP contribution in [0.5, 0.6) is 5.75 Å². The van der Waals surface area contributed by atoms with Crippen molar-refractivity contribution in [3.63, 3.8) is 0 Å². The van der Waals surface area contributed by atoms with Crippen LogP contribution in [0.25, 0.3) is 6.08 Å². The summed E-state index contributed by atoms with van der Waals surface area (Å²) in [5.41, 5.74) is 0. The fourth-order valence-corrected chi connectivity index (χ4v) is 2.45. The fourth-order valence-electron chi connectivity index (χ4n) is 2.45. The monoisotopic (exact) mass is 298 g/mol. The maximum atomic E-state index is 12.1. The van der Waals surface area contributed by atoms with E-state index in [1.807, 2.05) is 23.1 Å². The molecule has 3 rings (SSSR count). The molecule has 1 aliphatic rings. The number of hydrogen-bond donors (Lipinski definition) is 0. The van der Waals surface area contributed by atoms with E-state index in [4.69, 9.17) is 9.15 Å². The number of furan rings is 1. The molecule has 0 unspecified atom stereocenters. The van der Waals surface area contributed by atoms with Gasteiger partial charge in [-0.05, 0) is 30.3 Å². The molecule has 0 radical (unpaired) electrons. The molecule has 2 aromatic heterocycles. The molecule has 0 bridgehead atoms. The summed E-state index contributed by atoms with van der Waals surface area (Å²) in [5, 5.41) is 0. The zero-order valence-corrected chi connectivity index (χ0v) is 12.2. The third-order valence-electron chi connectivity index (χ3n) is 3.62. The van der Waals surface area contributed by atoms with Crippen LogP contribution in [0.2, 0.25) is 0 Å². The van der Waals surface area contributed by atoms with Gasteiger partial charge in [0.15, 0.2) is 0 Å². The maximum absolute atomic E-state index is 12.1. The molecule has 1 fully saturated rings. The molecule has 22 heavy (non-hydrogen) atoms. The number of piperidine rings is 1. The quantitative estimate of drug-likeness (QED) is 0.814. The number of aromatic nitrogens is 1. The van der Waals surface area contributed by atoms with E-state index in [0.717, 1.165) is 18.6 Å². The Morgan fingerprint density at radius 3 is 2.86 bits per heavy atom. The summed E-state index contributed by atoms with van der Waals surface area (Å²) in [7, 11) is 0. The Hall–Kier alpha value is -2.56. The molecule has 2 aromatic rings. The lowest BCUT2D eigenvalue weighted by molar-refractivity contribution is -0.127. The van der Waals surface area contributed by atoms with Gasteiger partial charge >= 0.3 is 0 Å². The van der Waals surface area contributed by atoms with Gasteiger partial charge in [0.05, 0.1) is 12.5 Å². The van der Waals surface area contributed by atoms with Gasteiger partial charge in [0.2, 0.25) is 5.91 Å². The van der Waals surface area contributed by atoms with E-state index in [-0.39, 0.29) is 12.0 Å². The Morgan fingerprint density at radius 1 is 1.32 bits per heavy atom. The van der Waals surface area contributed by atoms with E-state index in [1.54, 1.807) is 36.9 Å². The van der Waals surface area contributed by atoms with Crippen LogP contribution in [0.4, 0.5) is 0 Å². The van der Waals surface area contributed by atoms with Crippen LogP contribution in [0.15, 0.2) is 53.4 Å². The number of pyridine rings is 1. The summed E-state index contributed by atoms with van der Waals surface area (Å²) in [4.78, 5) is 18.0. The lowest BCUT2D eigenvalue weighted by atomic mass is 10.1. The van der Waals surface area contributed by atoms with Crippen molar-refractivity contribution in [3.8, 4) is 5.75 Å². The van der Waals surface area contributed by atoms with Crippen LogP contribution < -0.4 is 4.74 Å². The molecule has 3 heterocycles. The van der Waals surface area contributed by atoms with E-state index in [0.29, 0.717) is 18.8 Å². The van der Waals surface area contributed by atoms with Gasteiger partial charge in [-0.1, -0.05) is 0 Å². The van der Waals surface area contributed by atoms with E-state index in [9.17, 15) is 4.79 Å². The van der Waals surface area contributed by atoms with Crippen molar-refractivity contribution in [3.05, 3.63) is 54.8 Å². The Morgan fingerprint density at radius 2 is 2.18 bits per heavy atom. The second-order valence-corrected chi connectivity index (χ2v) is 5.18. The van der Waals surface area contributed by atoms with E-state index in [2.05, 4.69) is 4.98 Å². The normalized spacial score (nSPS) is 16.1. The molecule has 0 spiro atoms. The number of nitrogens with zero attached hydrogens (tertiary/aromatic N) is 2. The standard InChI is InChI=1S/C17H18N2O3/c20-17(6-5-14-4-2-12-21-14)19-10-7-15(8-11-19)22-16-3-1-9-18-13-16/h1-6,9,12-13,15H,7-8,10-11H2/b6-5+. The first-order valence-corrected chi connectivity index (χ1v) is 7.38. The van der Waals surface area contributed by atoms with Crippen molar-refractivity contribution >= 4 is 12.0 Å². The highest BCUT2D eigenvalue weighted by Crippen LogP contribution is 2.18.